The zero-order valence-electron chi connectivity index (χ0n) is 38.7. The maximum absolute atomic E-state index is 2.49. The van der Waals surface area contributed by atoms with Crippen molar-refractivity contribution >= 4 is 68.6 Å². The third-order valence-electron chi connectivity index (χ3n) is 14.3. The lowest BCUT2D eigenvalue weighted by Crippen LogP contribution is -2.31. The van der Waals surface area contributed by atoms with Crippen molar-refractivity contribution in [2.45, 2.75) is 12.5 Å². The second kappa shape index (κ2) is 17.6. The highest BCUT2D eigenvalue weighted by Crippen LogP contribution is 2.49. The van der Waals surface area contributed by atoms with Gasteiger partial charge in [-0.25, -0.2) is 0 Å². The molecule has 0 aromatic heterocycles. The third-order valence-corrected chi connectivity index (χ3v) is 14.3. The van der Waals surface area contributed by atoms with Crippen LogP contribution in [0.5, 0.6) is 0 Å². The summed E-state index contributed by atoms with van der Waals surface area (Å²) in [6, 6.07) is 86.5. The molecule has 0 saturated heterocycles. The van der Waals surface area contributed by atoms with Crippen LogP contribution in [0.15, 0.2) is 255 Å². The maximum atomic E-state index is 2.49. The molecule has 0 amide bonds. The predicted octanol–water partition coefficient (Wildman–Crippen LogP) is 16.3. The van der Waals surface area contributed by atoms with Crippen LogP contribution in [-0.2, 0) is 0 Å². The quantitative estimate of drug-likeness (QED) is 0.150. The third kappa shape index (κ3) is 7.39. The van der Waals surface area contributed by atoms with E-state index >= 15 is 0 Å². The average molecular weight is 893 g/mol. The molecule has 1 atom stereocenters. The van der Waals surface area contributed by atoms with Gasteiger partial charge in [-0.15, -0.1) is 0 Å². The summed E-state index contributed by atoms with van der Waals surface area (Å²) >= 11 is 0. The van der Waals surface area contributed by atoms with E-state index in [1.165, 1.54) is 93.8 Å². The lowest BCUT2D eigenvalue weighted by Gasteiger charge is -2.37. The van der Waals surface area contributed by atoms with E-state index in [4.69, 9.17) is 0 Å². The Kier molecular flexibility index (Phi) is 10.4. The normalized spacial score (nSPS) is 14.4. The summed E-state index contributed by atoms with van der Waals surface area (Å²) < 4.78 is 0. The Labute approximate surface area is 409 Å². The van der Waals surface area contributed by atoms with Crippen molar-refractivity contribution in [3.8, 4) is 33.4 Å². The van der Waals surface area contributed by atoms with Crippen LogP contribution in [0.4, 0.5) is 28.4 Å². The van der Waals surface area contributed by atoms with E-state index in [1.54, 1.807) is 0 Å². The van der Waals surface area contributed by atoms with E-state index in [0.29, 0.717) is 0 Å². The van der Waals surface area contributed by atoms with E-state index in [1.807, 2.05) is 0 Å². The van der Waals surface area contributed by atoms with E-state index in [-0.39, 0.29) is 6.04 Å². The van der Waals surface area contributed by atoms with Crippen LogP contribution in [0.25, 0.3) is 73.5 Å². The van der Waals surface area contributed by atoms with Gasteiger partial charge in [-0.2, -0.15) is 0 Å². The number of fused-ring (bicyclic) bond motifs is 8. The Morgan fingerprint density at radius 2 is 1.07 bits per heavy atom. The first kappa shape index (κ1) is 41.2. The van der Waals surface area contributed by atoms with Crippen LogP contribution in [0, 0.1) is 0 Å². The Morgan fingerprint density at radius 3 is 1.86 bits per heavy atom. The minimum absolute atomic E-state index is 0.0692. The Bertz CT molecular complexity index is 3840. The van der Waals surface area contributed by atoms with E-state index in [9.17, 15) is 0 Å². The minimum Gasteiger partial charge on any atom is -0.330 e. The monoisotopic (exact) mass is 892 g/mol. The fourth-order valence-electron chi connectivity index (χ4n) is 11.0. The Hall–Kier alpha value is -8.98. The summed E-state index contributed by atoms with van der Waals surface area (Å²) in [5.41, 5.74) is 20.3. The molecule has 2 nitrogen and oxygen atoms in total. The lowest BCUT2D eigenvalue weighted by molar-refractivity contribution is 0.935. The number of hydrogen-bond acceptors (Lipinski definition) is 2. The molecule has 0 fully saturated rings. The van der Waals surface area contributed by atoms with Crippen molar-refractivity contribution in [1.82, 2.24) is 0 Å². The molecular formula is C68H48N2. The fourth-order valence-corrected chi connectivity index (χ4v) is 11.0. The zero-order chi connectivity index (χ0) is 46.4. The summed E-state index contributed by atoms with van der Waals surface area (Å²) in [6.45, 7) is 0. The molecule has 10 aromatic carbocycles. The number of hydrogen-bond donors (Lipinski definition) is 0. The van der Waals surface area contributed by atoms with Gasteiger partial charge in [0, 0.05) is 28.3 Å². The van der Waals surface area contributed by atoms with Gasteiger partial charge in [0.05, 0.1) is 11.7 Å². The Balaban J connectivity index is 0.932. The number of allylic oxidation sites excluding steroid dienone is 2. The van der Waals surface area contributed by atoms with Crippen LogP contribution < -0.4 is 20.2 Å². The average Bonchev–Trinajstić information content (AvgIpc) is 3.75. The second-order valence-electron chi connectivity index (χ2n) is 18.4. The number of para-hydroxylation sites is 1. The molecule has 0 saturated carbocycles. The van der Waals surface area contributed by atoms with Gasteiger partial charge >= 0.3 is 0 Å². The van der Waals surface area contributed by atoms with E-state index in [2.05, 4.69) is 283 Å². The van der Waals surface area contributed by atoms with Crippen molar-refractivity contribution in [3.05, 3.63) is 288 Å². The molecule has 13 rings (SSSR count). The molecule has 0 radical (unpaired) electrons. The minimum atomic E-state index is 0.0692. The molecule has 70 heavy (non-hydrogen) atoms. The van der Waals surface area contributed by atoms with E-state index < -0.39 is 0 Å². The molecule has 3 aliphatic rings. The van der Waals surface area contributed by atoms with Crippen molar-refractivity contribution in [1.29, 1.82) is 0 Å². The second-order valence-corrected chi connectivity index (χ2v) is 18.4. The van der Waals surface area contributed by atoms with Crippen LogP contribution in [0.3, 0.4) is 0 Å². The molecule has 330 valence electrons. The predicted molar refractivity (Wildman–Crippen MR) is 297 cm³/mol. The summed E-state index contributed by atoms with van der Waals surface area (Å²) in [7, 11) is 0. The summed E-state index contributed by atoms with van der Waals surface area (Å²) in [4.78, 5) is 4.90. The van der Waals surface area contributed by atoms with Gasteiger partial charge in [0.25, 0.3) is 0 Å². The summed E-state index contributed by atoms with van der Waals surface area (Å²) in [5.74, 6) is 0. The topological polar surface area (TPSA) is 6.48 Å². The maximum Gasteiger partial charge on any atom is 0.0718 e. The van der Waals surface area contributed by atoms with Crippen molar-refractivity contribution < 1.29 is 0 Å². The highest BCUT2D eigenvalue weighted by atomic mass is 15.2. The highest BCUT2D eigenvalue weighted by Gasteiger charge is 2.31. The summed E-state index contributed by atoms with van der Waals surface area (Å²) in [5, 5.41) is 5.13. The lowest BCUT2D eigenvalue weighted by atomic mass is 9.84. The molecule has 1 unspecified atom stereocenters. The van der Waals surface area contributed by atoms with Gasteiger partial charge in [-0.3, -0.25) is 0 Å². The first-order valence-corrected chi connectivity index (χ1v) is 24.3. The van der Waals surface area contributed by atoms with Crippen molar-refractivity contribution in [3.63, 3.8) is 0 Å². The standard InChI is InChI=1S/C68H48N2/c1-3-15-49(16-4-1)60-24-11-12-25-62(60)53-35-41-57(42-36-53)69(56-39-33-48(34-40-56)47-29-30-52-32-31-50-17-7-9-23-61(50)64(52)44-38-47)58-22-13-19-54(45-58)65-27-14-28-67-68(65)66-46-59(70(67)55-20-5-2-6-21-55)43-37-51-18-8-10-26-63(51)66/h1-28,30-46,59H,29H2. The molecule has 10 aromatic rings. The molecular weight excluding hydrogens is 845 g/mol. The van der Waals surface area contributed by atoms with Crippen molar-refractivity contribution in [2.75, 3.05) is 9.80 Å². The van der Waals surface area contributed by atoms with Gasteiger partial charge in [0.15, 0.2) is 0 Å². The van der Waals surface area contributed by atoms with Crippen LogP contribution in [-0.4, -0.2) is 6.04 Å². The highest BCUT2D eigenvalue weighted by molar-refractivity contribution is 6.02. The first-order valence-electron chi connectivity index (χ1n) is 24.3. The number of nitrogens with zero attached hydrogens (tertiary/aromatic N) is 2. The van der Waals surface area contributed by atoms with Crippen LogP contribution in [0.1, 0.15) is 28.7 Å². The smallest absolute Gasteiger partial charge is 0.0718 e. The molecule has 2 heteroatoms. The Morgan fingerprint density at radius 1 is 0.443 bits per heavy atom. The SMILES string of the molecule is C1=CC2C=C(c3ccccc31)c1c(-c3cccc(N(c4ccc(C5=CC=c6c(ccc7ccccc67)=CC5)cc4)c4ccc(-c5ccccc5-c5ccccc5)cc4)c3)cccc1N2c1ccccc1. The zero-order valence-corrected chi connectivity index (χ0v) is 38.7. The first-order chi connectivity index (χ1) is 34.7. The largest absolute Gasteiger partial charge is 0.330 e. The van der Waals surface area contributed by atoms with Gasteiger partial charge < -0.3 is 9.80 Å². The molecule has 0 N–H and O–H groups in total. The van der Waals surface area contributed by atoms with Gasteiger partial charge in [-0.1, -0.05) is 212 Å². The van der Waals surface area contributed by atoms with Crippen LogP contribution >= 0.6 is 0 Å². The number of rotatable bonds is 8. The van der Waals surface area contributed by atoms with Gasteiger partial charge in [-0.05, 0) is 150 Å². The van der Waals surface area contributed by atoms with Gasteiger partial charge in [0.2, 0.25) is 0 Å². The molecule has 2 aliphatic carbocycles. The van der Waals surface area contributed by atoms with E-state index in [0.717, 1.165) is 29.0 Å². The number of anilines is 5. The molecule has 2 bridgehead atoms. The number of benzene rings is 10. The fraction of sp³-hybridized carbons (Fsp3) is 0.0294. The molecule has 1 aliphatic heterocycles. The van der Waals surface area contributed by atoms with Crippen molar-refractivity contribution in [2.24, 2.45) is 0 Å². The molecule has 1 heterocycles. The van der Waals surface area contributed by atoms with Crippen LogP contribution in [0.2, 0.25) is 0 Å². The van der Waals surface area contributed by atoms with Gasteiger partial charge in [0.1, 0.15) is 0 Å². The summed E-state index contributed by atoms with van der Waals surface area (Å²) in [6.07, 6.45) is 15.0. The molecule has 0 spiro atoms.